The van der Waals surface area contributed by atoms with E-state index in [4.69, 9.17) is 0 Å². The number of rotatable bonds is 3. The number of aromatic nitrogens is 2. The zero-order valence-corrected chi connectivity index (χ0v) is 9.68. The van der Waals surface area contributed by atoms with Gasteiger partial charge in [-0.3, -0.25) is 4.79 Å². The average molecular weight is 230 g/mol. The van der Waals surface area contributed by atoms with Gasteiger partial charge in [0.15, 0.2) is 0 Å². The molecule has 0 aliphatic heterocycles. The van der Waals surface area contributed by atoms with E-state index >= 15 is 0 Å². The van der Waals surface area contributed by atoms with Crippen molar-refractivity contribution in [2.24, 2.45) is 0 Å². The van der Waals surface area contributed by atoms with Gasteiger partial charge in [-0.25, -0.2) is 4.98 Å². The minimum atomic E-state index is 0.117. The van der Waals surface area contributed by atoms with E-state index in [9.17, 15) is 9.90 Å². The second kappa shape index (κ2) is 3.58. The molecule has 0 radical (unpaired) electrons. The summed E-state index contributed by atoms with van der Waals surface area (Å²) >= 11 is 0. The van der Waals surface area contributed by atoms with Crippen molar-refractivity contribution in [3.63, 3.8) is 0 Å². The van der Waals surface area contributed by atoms with Crippen LogP contribution < -0.4 is 0 Å². The van der Waals surface area contributed by atoms with Gasteiger partial charge in [0.2, 0.25) is 0 Å². The number of Topliss-reactive ketones (excluding diaryl/α,β-unsaturated/α-hetero) is 1. The van der Waals surface area contributed by atoms with Crippen LogP contribution in [0.3, 0.4) is 0 Å². The fraction of sp³-hybridized carbons (Fsp3) is 0.385. The predicted octanol–water partition coefficient (Wildman–Crippen LogP) is 2.21. The van der Waals surface area contributed by atoms with Crippen LogP contribution in [0, 0.1) is 0 Å². The molecule has 0 amide bonds. The number of carbonyl (C=O) groups excluding carboxylic acids is 1. The van der Waals surface area contributed by atoms with E-state index in [2.05, 4.69) is 9.55 Å². The van der Waals surface area contributed by atoms with E-state index in [0.29, 0.717) is 12.5 Å². The highest BCUT2D eigenvalue weighted by Gasteiger charge is 2.28. The summed E-state index contributed by atoms with van der Waals surface area (Å²) in [7, 11) is 0. The van der Waals surface area contributed by atoms with Crippen molar-refractivity contribution >= 4 is 16.8 Å². The minimum absolute atomic E-state index is 0.117. The lowest BCUT2D eigenvalue weighted by Crippen LogP contribution is -2.06. The van der Waals surface area contributed by atoms with Gasteiger partial charge < -0.3 is 9.67 Å². The third-order valence-electron chi connectivity index (χ3n) is 3.07. The van der Waals surface area contributed by atoms with Crippen LogP contribution >= 0.6 is 0 Å². The monoisotopic (exact) mass is 230 g/mol. The molecule has 88 valence electrons. The molecule has 1 aliphatic carbocycles. The van der Waals surface area contributed by atoms with Crippen LogP contribution in [-0.2, 0) is 11.2 Å². The third-order valence-corrected chi connectivity index (χ3v) is 3.07. The van der Waals surface area contributed by atoms with Crippen molar-refractivity contribution < 1.29 is 9.90 Å². The Labute approximate surface area is 98.9 Å². The Kier molecular flexibility index (Phi) is 2.18. The molecule has 2 aromatic rings. The summed E-state index contributed by atoms with van der Waals surface area (Å²) in [6, 6.07) is 5.61. The van der Waals surface area contributed by atoms with Crippen LogP contribution in [0.25, 0.3) is 11.0 Å². The third kappa shape index (κ3) is 1.79. The van der Waals surface area contributed by atoms with Crippen LogP contribution in [0.1, 0.15) is 31.6 Å². The topological polar surface area (TPSA) is 55.1 Å². The zero-order valence-electron chi connectivity index (χ0n) is 9.68. The highest BCUT2D eigenvalue weighted by molar-refractivity contribution is 5.81. The van der Waals surface area contributed by atoms with Gasteiger partial charge in [-0.15, -0.1) is 0 Å². The number of carbonyl (C=O) groups is 1. The van der Waals surface area contributed by atoms with Gasteiger partial charge in [-0.05, 0) is 31.9 Å². The first-order valence-electron chi connectivity index (χ1n) is 5.84. The molecule has 17 heavy (non-hydrogen) atoms. The molecule has 1 saturated carbocycles. The van der Waals surface area contributed by atoms with Gasteiger partial charge >= 0.3 is 0 Å². The summed E-state index contributed by atoms with van der Waals surface area (Å²) in [4.78, 5) is 15.7. The fourth-order valence-electron chi connectivity index (χ4n) is 2.22. The summed E-state index contributed by atoms with van der Waals surface area (Å²) in [5, 5.41) is 9.54. The van der Waals surface area contributed by atoms with Gasteiger partial charge in [0.1, 0.15) is 17.4 Å². The number of imidazole rings is 1. The van der Waals surface area contributed by atoms with E-state index in [1.165, 1.54) is 0 Å². The number of fused-ring (bicyclic) bond motifs is 1. The molecule has 3 rings (SSSR count). The largest absolute Gasteiger partial charge is 0.508 e. The Bertz CT molecular complexity index is 597. The van der Waals surface area contributed by atoms with Crippen molar-refractivity contribution in [2.75, 3.05) is 0 Å². The molecule has 1 heterocycles. The molecule has 4 nitrogen and oxygen atoms in total. The highest BCUT2D eigenvalue weighted by Crippen LogP contribution is 2.39. The van der Waals surface area contributed by atoms with Crippen molar-refractivity contribution in [3.05, 3.63) is 24.0 Å². The molecule has 1 aliphatic rings. The van der Waals surface area contributed by atoms with Gasteiger partial charge in [0, 0.05) is 12.1 Å². The molecule has 1 N–H and O–H groups in total. The number of aromatic hydroxyl groups is 1. The van der Waals surface area contributed by atoms with E-state index in [0.717, 1.165) is 29.7 Å². The molecule has 0 bridgehead atoms. The number of benzene rings is 1. The van der Waals surface area contributed by atoms with E-state index in [1.807, 2.05) is 0 Å². The van der Waals surface area contributed by atoms with Crippen LogP contribution in [0.5, 0.6) is 5.75 Å². The van der Waals surface area contributed by atoms with Crippen molar-refractivity contribution in [3.8, 4) is 5.75 Å². The SMILES string of the molecule is CC(=O)Cc1nc2ccc(O)cc2n1C1CC1. The summed E-state index contributed by atoms with van der Waals surface area (Å²) in [6.07, 6.45) is 2.63. The maximum Gasteiger partial charge on any atom is 0.137 e. The normalized spacial score (nSPS) is 15.4. The lowest BCUT2D eigenvalue weighted by molar-refractivity contribution is -0.116. The van der Waals surface area contributed by atoms with Crippen LogP contribution in [0.4, 0.5) is 0 Å². The quantitative estimate of drug-likeness (QED) is 0.879. The van der Waals surface area contributed by atoms with Crippen LogP contribution in [0.2, 0.25) is 0 Å². The summed E-state index contributed by atoms with van der Waals surface area (Å²) < 4.78 is 2.11. The number of hydrogen-bond acceptors (Lipinski definition) is 3. The van der Waals surface area contributed by atoms with E-state index < -0.39 is 0 Å². The number of hydrogen-bond donors (Lipinski definition) is 1. The number of nitrogens with zero attached hydrogens (tertiary/aromatic N) is 2. The standard InChI is InChI=1S/C13H14N2O2/c1-8(16)6-13-14-11-5-4-10(17)7-12(11)15(13)9-2-3-9/h4-5,7,9,17H,2-3,6H2,1H3. The Morgan fingerprint density at radius 2 is 2.29 bits per heavy atom. The Hall–Kier alpha value is -1.84. The predicted molar refractivity (Wildman–Crippen MR) is 64.1 cm³/mol. The molecular formula is C13H14N2O2. The lowest BCUT2D eigenvalue weighted by atomic mass is 10.3. The molecule has 0 unspecified atom stereocenters. The Balaban J connectivity index is 2.20. The Morgan fingerprint density at radius 1 is 1.53 bits per heavy atom. The first kappa shape index (κ1) is 10.3. The summed E-state index contributed by atoms with van der Waals surface area (Å²) in [5.41, 5.74) is 1.79. The molecule has 1 fully saturated rings. The lowest BCUT2D eigenvalue weighted by Gasteiger charge is -2.06. The summed E-state index contributed by atoms with van der Waals surface area (Å²) in [6.45, 7) is 1.58. The number of phenols is 1. The molecular weight excluding hydrogens is 216 g/mol. The second-order valence-corrected chi connectivity index (χ2v) is 4.68. The maximum atomic E-state index is 11.2. The summed E-state index contributed by atoms with van der Waals surface area (Å²) in [5.74, 6) is 1.18. The number of phenolic OH excluding ortho intramolecular Hbond substituents is 1. The van der Waals surface area contributed by atoms with E-state index in [-0.39, 0.29) is 11.5 Å². The minimum Gasteiger partial charge on any atom is -0.508 e. The van der Waals surface area contributed by atoms with Crippen LogP contribution in [-0.4, -0.2) is 20.4 Å². The van der Waals surface area contributed by atoms with Crippen molar-refractivity contribution in [1.29, 1.82) is 0 Å². The maximum absolute atomic E-state index is 11.2. The van der Waals surface area contributed by atoms with Gasteiger partial charge in [-0.2, -0.15) is 0 Å². The first-order chi connectivity index (χ1) is 8.15. The fourth-order valence-corrected chi connectivity index (χ4v) is 2.22. The van der Waals surface area contributed by atoms with Gasteiger partial charge in [0.25, 0.3) is 0 Å². The van der Waals surface area contributed by atoms with E-state index in [1.54, 1.807) is 25.1 Å². The molecule has 0 spiro atoms. The van der Waals surface area contributed by atoms with Gasteiger partial charge in [0.05, 0.1) is 17.5 Å². The van der Waals surface area contributed by atoms with Crippen molar-refractivity contribution in [1.82, 2.24) is 9.55 Å². The van der Waals surface area contributed by atoms with Crippen LogP contribution in [0.15, 0.2) is 18.2 Å². The molecule has 1 aromatic heterocycles. The number of ketones is 1. The average Bonchev–Trinajstić information content (AvgIpc) is 3.01. The smallest absolute Gasteiger partial charge is 0.137 e. The molecule has 1 aromatic carbocycles. The second-order valence-electron chi connectivity index (χ2n) is 4.68. The molecule has 0 atom stereocenters. The van der Waals surface area contributed by atoms with Gasteiger partial charge in [-0.1, -0.05) is 0 Å². The molecule has 4 heteroatoms. The van der Waals surface area contributed by atoms with Crippen molar-refractivity contribution in [2.45, 2.75) is 32.2 Å². The molecule has 0 saturated heterocycles. The first-order valence-corrected chi connectivity index (χ1v) is 5.84. The zero-order chi connectivity index (χ0) is 12.0. The Morgan fingerprint density at radius 3 is 2.94 bits per heavy atom. The highest BCUT2D eigenvalue weighted by atomic mass is 16.3.